The fourth-order valence-corrected chi connectivity index (χ4v) is 2.48. The SMILES string of the molecule is NC(=O)C1CCCCN1c1ccc(Cl)cc1N. The molecule has 0 saturated carbocycles. The quantitative estimate of drug-likeness (QED) is 0.789. The van der Waals surface area contributed by atoms with Gasteiger partial charge in [0.15, 0.2) is 0 Å². The highest BCUT2D eigenvalue weighted by Gasteiger charge is 2.28. The maximum atomic E-state index is 11.4. The van der Waals surface area contributed by atoms with Gasteiger partial charge in [-0.15, -0.1) is 0 Å². The number of hydrogen-bond acceptors (Lipinski definition) is 3. The van der Waals surface area contributed by atoms with Gasteiger partial charge in [0.1, 0.15) is 6.04 Å². The molecule has 1 atom stereocenters. The summed E-state index contributed by atoms with van der Waals surface area (Å²) in [6.45, 7) is 0.805. The average Bonchev–Trinajstić information content (AvgIpc) is 2.29. The molecule has 1 aromatic carbocycles. The molecule has 1 aromatic rings. The van der Waals surface area contributed by atoms with Crippen LogP contribution in [0, 0.1) is 0 Å². The number of amides is 1. The Morgan fingerprint density at radius 2 is 2.18 bits per heavy atom. The normalized spacial score (nSPS) is 20.3. The summed E-state index contributed by atoms with van der Waals surface area (Å²) in [5.74, 6) is -0.293. The first-order chi connectivity index (χ1) is 8.09. The maximum absolute atomic E-state index is 11.4. The molecule has 1 amide bonds. The maximum Gasteiger partial charge on any atom is 0.240 e. The summed E-state index contributed by atoms with van der Waals surface area (Å²) in [7, 11) is 0. The molecule has 4 N–H and O–H groups in total. The largest absolute Gasteiger partial charge is 0.397 e. The Balaban J connectivity index is 2.32. The molecule has 2 rings (SSSR count). The van der Waals surface area contributed by atoms with Crippen LogP contribution >= 0.6 is 11.6 Å². The van der Waals surface area contributed by atoms with Crippen LogP contribution in [0.2, 0.25) is 5.02 Å². The summed E-state index contributed by atoms with van der Waals surface area (Å²) in [4.78, 5) is 13.4. The molecule has 1 saturated heterocycles. The number of carbonyl (C=O) groups is 1. The first-order valence-electron chi connectivity index (χ1n) is 5.70. The van der Waals surface area contributed by atoms with Crippen molar-refractivity contribution in [2.24, 2.45) is 5.73 Å². The molecule has 0 aliphatic carbocycles. The third kappa shape index (κ3) is 2.47. The van der Waals surface area contributed by atoms with Gasteiger partial charge in [-0.2, -0.15) is 0 Å². The van der Waals surface area contributed by atoms with Gasteiger partial charge in [-0.3, -0.25) is 4.79 Å². The summed E-state index contributed by atoms with van der Waals surface area (Å²) >= 11 is 5.86. The minimum Gasteiger partial charge on any atom is -0.397 e. The number of anilines is 2. The number of rotatable bonds is 2. The fourth-order valence-electron chi connectivity index (χ4n) is 2.30. The third-order valence-electron chi connectivity index (χ3n) is 3.13. The Bertz CT molecular complexity index is 436. The van der Waals surface area contributed by atoms with Crippen molar-refractivity contribution in [3.63, 3.8) is 0 Å². The first kappa shape index (κ1) is 12.0. The molecule has 1 heterocycles. The summed E-state index contributed by atoms with van der Waals surface area (Å²) in [6.07, 6.45) is 2.86. The molecule has 0 radical (unpaired) electrons. The number of nitrogens with zero attached hydrogens (tertiary/aromatic N) is 1. The van der Waals surface area contributed by atoms with Crippen LogP contribution in [0.15, 0.2) is 18.2 Å². The van der Waals surface area contributed by atoms with Crippen molar-refractivity contribution >= 4 is 28.9 Å². The van der Waals surface area contributed by atoms with E-state index < -0.39 is 0 Å². The minimum absolute atomic E-state index is 0.257. The highest BCUT2D eigenvalue weighted by atomic mass is 35.5. The van der Waals surface area contributed by atoms with Gasteiger partial charge in [0.05, 0.1) is 11.4 Å². The van der Waals surface area contributed by atoms with Crippen LogP contribution in [-0.4, -0.2) is 18.5 Å². The van der Waals surface area contributed by atoms with Crippen LogP contribution in [0.1, 0.15) is 19.3 Å². The topological polar surface area (TPSA) is 72.4 Å². The Labute approximate surface area is 106 Å². The molecule has 1 aliphatic rings. The minimum atomic E-state index is -0.293. The molecule has 92 valence electrons. The predicted molar refractivity (Wildman–Crippen MR) is 70.0 cm³/mol. The molecule has 0 spiro atoms. The molecular weight excluding hydrogens is 238 g/mol. The standard InChI is InChI=1S/C12H16ClN3O/c13-8-4-5-10(9(14)7-8)16-6-2-1-3-11(16)12(15)17/h4-5,7,11H,1-3,6,14H2,(H2,15,17). The Kier molecular flexibility index (Phi) is 3.43. The summed E-state index contributed by atoms with van der Waals surface area (Å²) in [5.41, 5.74) is 12.8. The van der Waals surface area contributed by atoms with Crippen molar-refractivity contribution < 1.29 is 4.79 Å². The monoisotopic (exact) mass is 253 g/mol. The van der Waals surface area contributed by atoms with E-state index >= 15 is 0 Å². The van der Waals surface area contributed by atoms with Gasteiger partial charge in [0.25, 0.3) is 0 Å². The molecule has 0 aromatic heterocycles. The second-order valence-electron chi connectivity index (χ2n) is 4.31. The molecule has 17 heavy (non-hydrogen) atoms. The zero-order valence-electron chi connectivity index (χ0n) is 9.53. The lowest BCUT2D eigenvalue weighted by Gasteiger charge is -2.36. The average molecular weight is 254 g/mol. The van der Waals surface area contributed by atoms with Gasteiger partial charge in [-0.1, -0.05) is 11.6 Å². The number of halogens is 1. The van der Waals surface area contributed by atoms with Crippen molar-refractivity contribution in [1.29, 1.82) is 0 Å². The van der Waals surface area contributed by atoms with E-state index in [0.29, 0.717) is 10.7 Å². The smallest absolute Gasteiger partial charge is 0.240 e. The van der Waals surface area contributed by atoms with Crippen LogP contribution in [0.25, 0.3) is 0 Å². The number of hydrogen-bond donors (Lipinski definition) is 2. The number of carbonyl (C=O) groups excluding carboxylic acids is 1. The van der Waals surface area contributed by atoms with Crippen molar-refractivity contribution in [2.45, 2.75) is 25.3 Å². The molecular formula is C12H16ClN3O. The van der Waals surface area contributed by atoms with Gasteiger partial charge in [0, 0.05) is 11.6 Å². The third-order valence-corrected chi connectivity index (χ3v) is 3.37. The number of nitrogens with two attached hydrogens (primary N) is 2. The van der Waals surface area contributed by atoms with E-state index in [-0.39, 0.29) is 11.9 Å². The highest BCUT2D eigenvalue weighted by molar-refractivity contribution is 6.31. The van der Waals surface area contributed by atoms with Crippen molar-refractivity contribution in [3.05, 3.63) is 23.2 Å². The number of piperidine rings is 1. The van der Waals surface area contributed by atoms with Gasteiger partial charge in [-0.05, 0) is 37.5 Å². The van der Waals surface area contributed by atoms with Gasteiger partial charge in [-0.25, -0.2) is 0 Å². The molecule has 1 aliphatic heterocycles. The fraction of sp³-hybridized carbons (Fsp3) is 0.417. The van der Waals surface area contributed by atoms with Crippen LogP contribution in [0.5, 0.6) is 0 Å². The molecule has 4 nitrogen and oxygen atoms in total. The van der Waals surface area contributed by atoms with Crippen LogP contribution in [-0.2, 0) is 4.79 Å². The van der Waals surface area contributed by atoms with Crippen LogP contribution in [0.4, 0.5) is 11.4 Å². The first-order valence-corrected chi connectivity index (χ1v) is 6.08. The lowest BCUT2D eigenvalue weighted by molar-refractivity contribution is -0.119. The highest BCUT2D eigenvalue weighted by Crippen LogP contribution is 2.31. The summed E-state index contributed by atoms with van der Waals surface area (Å²) in [6, 6.07) is 5.06. The van der Waals surface area contributed by atoms with Crippen molar-refractivity contribution in [2.75, 3.05) is 17.2 Å². The van der Waals surface area contributed by atoms with Crippen molar-refractivity contribution in [1.82, 2.24) is 0 Å². The zero-order chi connectivity index (χ0) is 12.4. The molecule has 0 bridgehead atoms. The lowest BCUT2D eigenvalue weighted by Crippen LogP contribution is -2.48. The van der Waals surface area contributed by atoms with Gasteiger partial charge < -0.3 is 16.4 Å². The second kappa shape index (κ2) is 4.84. The van der Waals surface area contributed by atoms with Crippen LogP contribution in [0.3, 0.4) is 0 Å². The number of primary amides is 1. The van der Waals surface area contributed by atoms with Crippen LogP contribution < -0.4 is 16.4 Å². The predicted octanol–water partition coefficient (Wildman–Crippen LogP) is 1.77. The van der Waals surface area contributed by atoms with Gasteiger partial charge in [0.2, 0.25) is 5.91 Å². The van der Waals surface area contributed by atoms with Crippen molar-refractivity contribution in [3.8, 4) is 0 Å². The van der Waals surface area contributed by atoms with E-state index in [2.05, 4.69) is 0 Å². The van der Waals surface area contributed by atoms with E-state index in [1.54, 1.807) is 12.1 Å². The summed E-state index contributed by atoms with van der Waals surface area (Å²) in [5, 5.41) is 0.596. The van der Waals surface area contributed by atoms with E-state index in [1.807, 2.05) is 11.0 Å². The molecule has 1 unspecified atom stereocenters. The Morgan fingerprint density at radius 3 is 2.82 bits per heavy atom. The Hall–Kier alpha value is -1.42. The summed E-state index contributed by atoms with van der Waals surface area (Å²) < 4.78 is 0. The van der Waals surface area contributed by atoms with E-state index in [1.165, 1.54) is 0 Å². The number of benzene rings is 1. The lowest BCUT2D eigenvalue weighted by atomic mass is 10.0. The zero-order valence-corrected chi connectivity index (χ0v) is 10.3. The number of nitrogen functional groups attached to an aromatic ring is 1. The Morgan fingerprint density at radius 1 is 1.41 bits per heavy atom. The molecule has 5 heteroatoms. The van der Waals surface area contributed by atoms with E-state index in [9.17, 15) is 4.79 Å². The second-order valence-corrected chi connectivity index (χ2v) is 4.75. The van der Waals surface area contributed by atoms with E-state index in [0.717, 1.165) is 31.5 Å². The molecule has 1 fully saturated rings. The van der Waals surface area contributed by atoms with Gasteiger partial charge >= 0.3 is 0 Å². The van der Waals surface area contributed by atoms with E-state index in [4.69, 9.17) is 23.1 Å².